The smallest absolute Gasteiger partial charge is 0.273 e. The SMILES string of the molecule is CCn1c(=O)c(CS(=O)(=O)Cc2ccc(Cl)cc2)nc2ccccc21.CCn1c(=O)c(CS(=O)(=O)c2ccccc2)nc2ccccc21.Cn1c(=O)c(CS(=O)(=O)c2ccccc2)nc2ccccc21. The molecule has 0 bridgehead atoms. The van der Waals surface area contributed by atoms with E-state index < -0.39 is 46.6 Å². The van der Waals surface area contributed by atoms with Gasteiger partial charge in [0.15, 0.2) is 29.5 Å². The number of aromatic nitrogens is 6. The summed E-state index contributed by atoms with van der Waals surface area (Å²) in [5, 5.41) is 0.545. The summed E-state index contributed by atoms with van der Waals surface area (Å²) in [6.07, 6.45) is 0. The van der Waals surface area contributed by atoms with Crippen LogP contribution in [0.5, 0.6) is 0 Å². The van der Waals surface area contributed by atoms with Crippen molar-refractivity contribution in [1.29, 1.82) is 0 Å². The zero-order chi connectivity index (χ0) is 50.2. The number of rotatable bonds is 12. The molecule has 360 valence electrons. The third-order valence-corrected chi connectivity index (χ3v) is 16.1. The molecule has 3 heterocycles. The molecule has 0 aliphatic heterocycles. The predicted octanol–water partition coefficient (Wildman–Crippen LogP) is 7.48. The highest BCUT2D eigenvalue weighted by Gasteiger charge is 2.22. The molecule has 0 atom stereocenters. The molecular formula is C51H47ClN6O9S3. The maximum atomic E-state index is 12.6. The van der Waals surface area contributed by atoms with Crippen LogP contribution in [0.4, 0.5) is 0 Å². The maximum Gasteiger partial charge on any atom is 0.273 e. The van der Waals surface area contributed by atoms with Crippen molar-refractivity contribution < 1.29 is 25.3 Å². The van der Waals surface area contributed by atoms with Gasteiger partial charge in [-0.25, -0.2) is 40.2 Å². The van der Waals surface area contributed by atoms with E-state index in [0.29, 0.717) is 56.8 Å². The lowest BCUT2D eigenvalue weighted by Crippen LogP contribution is -2.27. The van der Waals surface area contributed by atoms with E-state index in [9.17, 15) is 39.6 Å². The minimum Gasteiger partial charge on any atom is -0.308 e. The third kappa shape index (κ3) is 11.8. The van der Waals surface area contributed by atoms with E-state index in [4.69, 9.17) is 11.6 Å². The number of aryl methyl sites for hydroxylation is 3. The van der Waals surface area contributed by atoms with Crippen LogP contribution >= 0.6 is 11.6 Å². The molecular weight excluding hydrogens is 972 g/mol. The molecule has 0 fully saturated rings. The summed E-state index contributed by atoms with van der Waals surface area (Å²) in [4.78, 5) is 50.7. The molecule has 70 heavy (non-hydrogen) atoms. The van der Waals surface area contributed by atoms with Gasteiger partial charge in [-0.2, -0.15) is 0 Å². The molecule has 3 aromatic heterocycles. The molecule has 0 aliphatic carbocycles. The van der Waals surface area contributed by atoms with Gasteiger partial charge in [-0.3, -0.25) is 14.4 Å². The van der Waals surface area contributed by atoms with E-state index in [1.54, 1.807) is 113 Å². The number of hydrogen-bond acceptors (Lipinski definition) is 12. The third-order valence-electron chi connectivity index (χ3n) is 11.0. The molecule has 0 amide bonds. The summed E-state index contributed by atoms with van der Waals surface area (Å²) >= 11 is 5.82. The largest absolute Gasteiger partial charge is 0.308 e. The molecule has 0 saturated carbocycles. The molecule has 9 aromatic rings. The molecule has 6 aromatic carbocycles. The molecule has 0 radical (unpaired) electrons. The van der Waals surface area contributed by atoms with E-state index in [1.807, 2.05) is 50.2 Å². The van der Waals surface area contributed by atoms with Gasteiger partial charge < -0.3 is 13.7 Å². The first kappa shape index (κ1) is 50.7. The van der Waals surface area contributed by atoms with Crippen LogP contribution in [0.1, 0.15) is 36.5 Å². The van der Waals surface area contributed by atoms with Crippen molar-refractivity contribution in [2.75, 3.05) is 0 Å². The first-order valence-corrected chi connectivity index (χ1v) is 27.3. The Morgan fingerprint density at radius 3 is 1.21 bits per heavy atom. The molecule has 0 saturated heterocycles. The van der Waals surface area contributed by atoms with Gasteiger partial charge in [0.05, 0.1) is 54.4 Å². The van der Waals surface area contributed by atoms with Crippen LogP contribution in [0, 0.1) is 0 Å². The van der Waals surface area contributed by atoms with Crippen molar-refractivity contribution in [1.82, 2.24) is 28.7 Å². The maximum absolute atomic E-state index is 12.6. The van der Waals surface area contributed by atoms with Gasteiger partial charge >= 0.3 is 0 Å². The fourth-order valence-electron chi connectivity index (χ4n) is 7.62. The Labute approximate surface area is 409 Å². The van der Waals surface area contributed by atoms with Crippen molar-refractivity contribution >= 4 is 74.2 Å². The van der Waals surface area contributed by atoms with Crippen LogP contribution in [-0.2, 0) is 72.7 Å². The average molecular weight is 1020 g/mol. The van der Waals surface area contributed by atoms with Crippen LogP contribution in [-0.4, -0.2) is 53.9 Å². The number of nitrogens with zero attached hydrogens (tertiary/aromatic N) is 6. The number of sulfone groups is 3. The van der Waals surface area contributed by atoms with Gasteiger partial charge in [-0.05, 0) is 92.2 Å². The Kier molecular flexibility index (Phi) is 15.7. The highest BCUT2D eigenvalue weighted by molar-refractivity contribution is 7.91. The lowest BCUT2D eigenvalue weighted by molar-refractivity contribution is 0.591. The first-order valence-electron chi connectivity index (χ1n) is 21.8. The molecule has 0 N–H and O–H groups in total. The normalized spacial score (nSPS) is 11.7. The molecule has 9 rings (SSSR count). The monoisotopic (exact) mass is 1020 g/mol. The number of halogens is 1. The standard InChI is InChI=1S/C18H17ClN2O3S.C17H16N2O3S.C16H14N2O3S/c1-2-21-17-6-4-3-5-15(17)20-16(18(21)22)12-25(23,24)11-13-7-9-14(19)10-8-13;1-2-19-16-11-7-6-10-14(16)18-15(17(19)20)12-23(21,22)13-8-4-3-5-9-13;1-18-15-10-6-5-9-13(15)17-14(16(18)19)11-22(20,21)12-7-3-2-4-8-12/h3-10H,2,11-12H2,1H3;3-11H,2,12H2,1H3;2-10H,11H2,1H3. The van der Waals surface area contributed by atoms with Gasteiger partial charge in [0.2, 0.25) is 0 Å². The second-order valence-corrected chi connectivity index (χ2v) is 22.4. The van der Waals surface area contributed by atoms with Crippen LogP contribution in [0.3, 0.4) is 0 Å². The zero-order valence-corrected chi connectivity index (χ0v) is 41.4. The van der Waals surface area contributed by atoms with Crippen LogP contribution in [0.25, 0.3) is 33.1 Å². The number of hydrogen-bond donors (Lipinski definition) is 0. The number of fused-ring (bicyclic) bond motifs is 3. The van der Waals surface area contributed by atoms with Gasteiger partial charge in [-0.15, -0.1) is 0 Å². The average Bonchev–Trinajstić information content (AvgIpc) is 3.35. The highest BCUT2D eigenvalue weighted by Crippen LogP contribution is 2.19. The zero-order valence-electron chi connectivity index (χ0n) is 38.2. The Morgan fingerprint density at radius 1 is 0.429 bits per heavy atom. The van der Waals surface area contributed by atoms with Crippen molar-refractivity contribution in [2.45, 2.75) is 59.7 Å². The van der Waals surface area contributed by atoms with Crippen LogP contribution in [0.15, 0.2) is 182 Å². The summed E-state index contributed by atoms with van der Waals surface area (Å²) in [7, 11) is -9.12. The fraction of sp³-hybridized carbons (Fsp3) is 0.176. The second-order valence-electron chi connectivity index (χ2n) is 15.9. The topological polar surface area (TPSA) is 207 Å². The predicted molar refractivity (Wildman–Crippen MR) is 273 cm³/mol. The van der Waals surface area contributed by atoms with E-state index in [0.717, 1.165) is 0 Å². The fourth-order valence-corrected chi connectivity index (χ4v) is 11.7. The van der Waals surface area contributed by atoms with Crippen molar-refractivity contribution in [2.24, 2.45) is 7.05 Å². The van der Waals surface area contributed by atoms with Crippen LogP contribution in [0.2, 0.25) is 5.02 Å². The van der Waals surface area contributed by atoms with Gasteiger partial charge in [0, 0.05) is 25.2 Å². The molecule has 0 unspecified atom stereocenters. The van der Waals surface area contributed by atoms with Crippen molar-refractivity contribution in [3.05, 3.63) is 216 Å². The lowest BCUT2D eigenvalue weighted by Gasteiger charge is -2.10. The minimum atomic E-state index is -3.61. The first-order chi connectivity index (χ1) is 33.4. The van der Waals surface area contributed by atoms with Gasteiger partial charge in [0.1, 0.15) is 28.6 Å². The summed E-state index contributed by atoms with van der Waals surface area (Å²) in [5.74, 6) is -1.36. The number of para-hydroxylation sites is 6. The summed E-state index contributed by atoms with van der Waals surface area (Å²) in [6, 6.07) is 44.4. The Balaban J connectivity index is 0.000000155. The van der Waals surface area contributed by atoms with Crippen LogP contribution < -0.4 is 16.7 Å². The van der Waals surface area contributed by atoms with E-state index in [2.05, 4.69) is 15.0 Å². The summed E-state index contributed by atoms with van der Waals surface area (Å²) in [6.45, 7) is 4.61. The second kappa shape index (κ2) is 21.7. The Morgan fingerprint density at radius 2 is 0.786 bits per heavy atom. The minimum absolute atomic E-state index is 0.0325. The quantitative estimate of drug-likeness (QED) is 0.117. The van der Waals surface area contributed by atoms with E-state index >= 15 is 0 Å². The van der Waals surface area contributed by atoms with E-state index in [1.165, 1.54) is 28.8 Å². The van der Waals surface area contributed by atoms with Crippen molar-refractivity contribution in [3.8, 4) is 0 Å². The Hall–Kier alpha value is -7.12. The molecule has 0 spiro atoms. The van der Waals surface area contributed by atoms with Crippen molar-refractivity contribution in [3.63, 3.8) is 0 Å². The van der Waals surface area contributed by atoms with Gasteiger partial charge in [-0.1, -0.05) is 96.5 Å². The Bertz CT molecular complexity index is 3890. The van der Waals surface area contributed by atoms with E-state index in [-0.39, 0.29) is 49.5 Å². The van der Waals surface area contributed by atoms with Gasteiger partial charge in [0.25, 0.3) is 16.7 Å². The number of benzene rings is 6. The summed E-state index contributed by atoms with van der Waals surface area (Å²) in [5.41, 5.74) is 3.57. The lowest BCUT2D eigenvalue weighted by atomic mass is 10.2. The molecule has 0 aliphatic rings. The highest BCUT2D eigenvalue weighted by atomic mass is 35.5. The molecule has 19 heteroatoms. The molecule has 15 nitrogen and oxygen atoms in total. The summed E-state index contributed by atoms with van der Waals surface area (Å²) < 4.78 is 79.4.